The van der Waals surface area contributed by atoms with E-state index in [9.17, 15) is 0 Å². The molecule has 0 unspecified atom stereocenters. The van der Waals surface area contributed by atoms with Crippen molar-refractivity contribution in [3.05, 3.63) is 47.5 Å². The Bertz CT molecular complexity index is 540. The molecular weight excluding hydrogens is 260 g/mol. The Balaban J connectivity index is 2.18. The number of nitrogens with two attached hydrogens (primary N) is 1. The molecule has 2 aromatic rings. The maximum absolute atomic E-state index is 6.09. The summed E-state index contributed by atoms with van der Waals surface area (Å²) in [5.41, 5.74) is 8.47. The summed E-state index contributed by atoms with van der Waals surface area (Å²) < 4.78 is 5.60. The number of hydrogen-bond donors (Lipinski definition) is 2. The smallest absolute Gasteiger partial charge is 0.144 e. The van der Waals surface area contributed by atoms with Crippen molar-refractivity contribution in [3.8, 4) is 5.75 Å². The number of benzene rings is 2. The Morgan fingerprint density at radius 2 is 1.89 bits per heavy atom. The van der Waals surface area contributed by atoms with Gasteiger partial charge in [0.05, 0.1) is 18.0 Å². The van der Waals surface area contributed by atoms with Crippen molar-refractivity contribution < 1.29 is 4.74 Å². The summed E-state index contributed by atoms with van der Waals surface area (Å²) in [6.45, 7) is 2.72. The minimum Gasteiger partial charge on any atom is -0.491 e. The molecule has 4 heteroatoms. The molecule has 0 atom stereocenters. The fraction of sp³-hybridized carbons (Fsp3) is 0.200. The average molecular weight is 277 g/mol. The molecule has 0 heterocycles. The van der Waals surface area contributed by atoms with Crippen LogP contribution in [0.1, 0.15) is 13.3 Å². The number of nitrogens with one attached hydrogen (secondary N) is 1. The third-order valence-corrected chi connectivity index (χ3v) is 2.90. The molecule has 3 N–H and O–H groups in total. The number of halogens is 1. The predicted molar refractivity (Wildman–Crippen MR) is 81.4 cm³/mol. The second-order valence-electron chi connectivity index (χ2n) is 4.20. The highest BCUT2D eigenvalue weighted by molar-refractivity contribution is 6.30. The molecular formula is C15H17ClN2O. The van der Waals surface area contributed by atoms with Crippen LogP contribution in [0.15, 0.2) is 42.5 Å². The second-order valence-corrected chi connectivity index (χ2v) is 4.63. The minimum absolute atomic E-state index is 0.617. The van der Waals surface area contributed by atoms with Crippen LogP contribution in [-0.2, 0) is 0 Å². The Morgan fingerprint density at radius 1 is 1.16 bits per heavy atom. The Kier molecular flexibility index (Phi) is 4.53. The van der Waals surface area contributed by atoms with Gasteiger partial charge in [-0.15, -0.1) is 0 Å². The molecule has 0 fully saturated rings. The van der Waals surface area contributed by atoms with E-state index in [2.05, 4.69) is 12.2 Å². The molecule has 0 spiro atoms. The third-order valence-electron chi connectivity index (χ3n) is 2.65. The molecule has 19 heavy (non-hydrogen) atoms. The molecule has 0 aliphatic rings. The van der Waals surface area contributed by atoms with Crippen molar-refractivity contribution in [3.63, 3.8) is 0 Å². The highest BCUT2D eigenvalue weighted by Crippen LogP contribution is 2.31. The van der Waals surface area contributed by atoms with Crippen molar-refractivity contribution in [2.75, 3.05) is 17.7 Å². The van der Waals surface area contributed by atoms with Crippen LogP contribution < -0.4 is 15.8 Å². The second kappa shape index (κ2) is 6.34. The van der Waals surface area contributed by atoms with Gasteiger partial charge in [0.1, 0.15) is 5.75 Å². The first-order valence-electron chi connectivity index (χ1n) is 6.24. The highest BCUT2D eigenvalue weighted by atomic mass is 35.5. The van der Waals surface area contributed by atoms with Gasteiger partial charge in [-0.25, -0.2) is 0 Å². The number of hydrogen-bond acceptors (Lipinski definition) is 3. The van der Waals surface area contributed by atoms with Gasteiger partial charge in [-0.1, -0.05) is 24.6 Å². The summed E-state index contributed by atoms with van der Waals surface area (Å²) in [6, 6.07) is 13.2. The lowest BCUT2D eigenvalue weighted by Crippen LogP contribution is -2.02. The zero-order chi connectivity index (χ0) is 13.7. The van der Waals surface area contributed by atoms with Crippen LogP contribution in [0.5, 0.6) is 5.75 Å². The van der Waals surface area contributed by atoms with Crippen molar-refractivity contribution in [1.82, 2.24) is 0 Å². The average Bonchev–Trinajstić information content (AvgIpc) is 2.42. The summed E-state index contributed by atoms with van der Waals surface area (Å²) in [5.74, 6) is 0.709. The van der Waals surface area contributed by atoms with Crippen LogP contribution in [0.4, 0.5) is 17.1 Å². The van der Waals surface area contributed by atoms with E-state index in [0.717, 1.165) is 17.8 Å². The first kappa shape index (κ1) is 13.6. The van der Waals surface area contributed by atoms with E-state index < -0.39 is 0 Å². The summed E-state index contributed by atoms with van der Waals surface area (Å²) >= 11 is 5.86. The molecule has 2 rings (SSSR count). The SMILES string of the molecule is CCCOc1cccc(Nc2ccc(Cl)cc2)c1N. The van der Waals surface area contributed by atoms with Crippen LogP contribution in [-0.4, -0.2) is 6.61 Å². The number of rotatable bonds is 5. The standard InChI is InChI=1S/C15H17ClN2O/c1-2-10-19-14-5-3-4-13(15(14)17)18-12-8-6-11(16)7-9-12/h3-9,18H,2,10,17H2,1H3. The van der Waals surface area contributed by atoms with Gasteiger partial charge in [0.15, 0.2) is 0 Å². The van der Waals surface area contributed by atoms with Gasteiger partial charge >= 0.3 is 0 Å². The maximum atomic E-state index is 6.09. The summed E-state index contributed by atoms with van der Waals surface area (Å²) in [5, 5.41) is 3.96. The fourth-order valence-corrected chi connectivity index (χ4v) is 1.81. The quantitative estimate of drug-likeness (QED) is 0.793. The molecule has 0 radical (unpaired) electrons. The Labute approximate surface area is 118 Å². The van der Waals surface area contributed by atoms with E-state index >= 15 is 0 Å². The van der Waals surface area contributed by atoms with Gasteiger partial charge in [0.2, 0.25) is 0 Å². The van der Waals surface area contributed by atoms with Gasteiger partial charge in [-0.05, 0) is 42.8 Å². The molecule has 0 aliphatic carbocycles. The zero-order valence-electron chi connectivity index (χ0n) is 10.8. The van der Waals surface area contributed by atoms with E-state index in [1.165, 1.54) is 0 Å². The van der Waals surface area contributed by atoms with Gasteiger partial charge in [-0.3, -0.25) is 0 Å². The predicted octanol–water partition coefficient (Wildman–Crippen LogP) is 4.45. The summed E-state index contributed by atoms with van der Waals surface area (Å²) in [7, 11) is 0. The fourth-order valence-electron chi connectivity index (χ4n) is 1.68. The molecule has 0 amide bonds. The Hall–Kier alpha value is -1.87. The molecule has 2 aromatic carbocycles. The normalized spacial score (nSPS) is 10.2. The zero-order valence-corrected chi connectivity index (χ0v) is 11.6. The topological polar surface area (TPSA) is 47.3 Å². The van der Waals surface area contributed by atoms with Crippen LogP contribution in [0.2, 0.25) is 5.02 Å². The van der Waals surface area contributed by atoms with Crippen LogP contribution in [0.25, 0.3) is 0 Å². The number of anilines is 3. The van der Waals surface area contributed by atoms with E-state index in [0.29, 0.717) is 23.1 Å². The first-order chi connectivity index (χ1) is 9.20. The number of ether oxygens (including phenoxy) is 1. The molecule has 0 saturated heterocycles. The van der Waals surface area contributed by atoms with Crippen molar-refractivity contribution in [1.29, 1.82) is 0 Å². The van der Waals surface area contributed by atoms with E-state index in [-0.39, 0.29) is 0 Å². The van der Waals surface area contributed by atoms with Gasteiger partial charge in [0.25, 0.3) is 0 Å². The molecule has 0 aliphatic heterocycles. The Morgan fingerprint density at radius 3 is 2.58 bits per heavy atom. The minimum atomic E-state index is 0.617. The van der Waals surface area contributed by atoms with Gasteiger partial charge in [-0.2, -0.15) is 0 Å². The lowest BCUT2D eigenvalue weighted by molar-refractivity contribution is 0.319. The number of para-hydroxylation sites is 1. The third kappa shape index (κ3) is 3.55. The van der Waals surface area contributed by atoms with Crippen molar-refractivity contribution in [2.45, 2.75) is 13.3 Å². The lowest BCUT2D eigenvalue weighted by Gasteiger charge is -2.13. The summed E-state index contributed by atoms with van der Waals surface area (Å²) in [4.78, 5) is 0. The summed E-state index contributed by atoms with van der Waals surface area (Å²) in [6.07, 6.45) is 0.953. The lowest BCUT2D eigenvalue weighted by atomic mass is 10.2. The monoisotopic (exact) mass is 276 g/mol. The molecule has 0 aromatic heterocycles. The largest absolute Gasteiger partial charge is 0.491 e. The molecule has 100 valence electrons. The van der Waals surface area contributed by atoms with Crippen molar-refractivity contribution >= 4 is 28.7 Å². The van der Waals surface area contributed by atoms with Gasteiger partial charge < -0.3 is 15.8 Å². The molecule has 3 nitrogen and oxygen atoms in total. The number of nitrogen functional groups attached to an aromatic ring is 1. The van der Waals surface area contributed by atoms with E-state index in [1.54, 1.807) is 0 Å². The van der Waals surface area contributed by atoms with Crippen molar-refractivity contribution in [2.24, 2.45) is 0 Å². The maximum Gasteiger partial charge on any atom is 0.144 e. The van der Waals surface area contributed by atoms with Crippen LogP contribution in [0.3, 0.4) is 0 Å². The first-order valence-corrected chi connectivity index (χ1v) is 6.62. The van der Waals surface area contributed by atoms with Crippen LogP contribution >= 0.6 is 11.6 Å². The van der Waals surface area contributed by atoms with Gasteiger partial charge in [0, 0.05) is 10.7 Å². The highest BCUT2D eigenvalue weighted by Gasteiger charge is 2.06. The van der Waals surface area contributed by atoms with Crippen LogP contribution in [0, 0.1) is 0 Å². The molecule has 0 bridgehead atoms. The molecule has 0 saturated carbocycles. The van der Waals surface area contributed by atoms with E-state index in [4.69, 9.17) is 22.1 Å². The van der Waals surface area contributed by atoms with E-state index in [1.807, 2.05) is 42.5 Å².